The predicted octanol–water partition coefficient (Wildman–Crippen LogP) is 4.57. The second kappa shape index (κ2) is 9.83. The van der Waals surface area contributed by atoms with Gasteiger partial charge in [0.05, 0.1) is 19.2 Å². The van der Waals surface area contributed by atoms with Crippen molar-refractivity contribution in [1.29, 1.82) is 0 Å². The summed E-state index contributed by atoms with van der Waals surface area (Å²) in [4.78, 5) is 18.0. The Morgan fingerprint density at radius 1 is 0.853 bits per heavy atom. The van der Waals surface area contributed by atoms with E-state index in [9.17, 15) is 4.79 Å². The minimum atomic E-state index is 0.00734. The van der Waals surface area contributed by atoms with Gasteiger partial charge in [0.25, 0.3) is 5.91 Å². The van der Waals surface area contributed by atoms with Crippen LogP contribution in [-0.4, -0.2) is 53.9 Å². The van der Waals surface area contributed by atoms with E-state index in [4.69, 9.17) is 9.84 Å². The normalized spacial score (nSPS) is 13.7. The molecule has 0 atom stereocenters. The number of aromatic nitrogens is 2. The molecule has 1 fully saturated rings. The molecule has 172 valence electrons. The lowest BCUT2D eigenvalue weighted by atomic mass is 10.1. The molecule has 0 N–H and O–H groups in total. The summed E-state index contributed by atoms with van der Waals surface area (Å²) >= 11 is 0. The first kappa shape index (κ1) is 21.8. The third kappa shape index (κ3) is 4.53. The highest BCUT2D eigenvalue weighted by molar-refractivity contribution is 6.00. The molecule has 5 rings (SSSR count). The van der Waals surface area contributed by atoms with Crippen LogP contribution >= 0.6 is 0 Å². The quantitative estimate of drug-likeness (QED) is 0.430. The largest absolute Gasteiger partial charge is 0.496 e. The molecular formula is C28H28N4O2. The molecule has 0 spiro atoms. The molecule has 4 aromatic rings. The number of amides is 1. The Kier molecular flexibility index (Phi) is 6.29. The summed E-state index contributed by atoms with van der Waals surface area (Å²) in [7, 11) is 1.64. The minimum absolute atomic E-state index is 0.00734. The zero-order valence-corrected chi connectivity index (χ0v) is 19.3. The summed E-state index contributed by atoms with van der Waals surface area (Å²) in [5.41, 5.74) is 4.41. The van der Waals surface area contributed by atoms with Crippen molar-refractivity contribution in [3.63, 3.8) is 0 Å². The molecule has 3 aromatic carbocycles. The number of hydrogen-bond donors (Lipinski definition) is 0. The third-order valence-electron chi connectivity index (χ3n) is 6.23. The molecule has 1 aromatic heterocycles. The smallest absolute Gasteiger partial charge is 0.257 e. The fraction of sp³-hybridized carbons (Fsp3) is 0.214. The van der Waals surface area contributed by atoms with Crippen LogP contribution in [0, 0.1) is 0 Å². The molecule has 1 amide bonds. The Bertz CT molecular complexity index is 1250. The monoisotopic (exact) mass is 452 g/mol. The molecule has 1 aliphatic heterocycles. The maximum Gasteiger partial charge on any atom is 0.257 e. The predicted molar refractivity (Wildman–Crippen MR) is 134 cm³/mol. The van der Waals surface area contributed by atoms with Crippen molar-refractivity contribution in [2.75, 3.05) is 38.2 Å². The molecule has 1 saturated heterocycles. The summed E-state index contributed by atoms with van der Waals surface area (Å²) in [6.45, 7) is 3.54. The standard InChI is InChI=1S/C28H28N4O2/c1-34-26-15-9-8-14-24(26)27-25(21-32(29-27)20-22-10-4-2-5-11-22)28(33)31-18-16-30(17-19-31)23-12-6-3-7-13-23/h2-15,21H,16-20H2,1H3. The highest BCUT2D eigenvalue weighted by atomic mass is 16.5. The fourth-order valence-corrected chi connectivity index (χ4v) is 4.45. The van der Waals surface area contributed by atoms with Crippen LogP contribution in [0.1, 0.15) is 15.9 Å². The number of benzene rings is 3. The number of anilines is 1. The van der Waals surface area contributed by atoms with Crippen molar-refractivity contribution >= 4 is 11.6 Å². The van der Waals surface area contributed by atoms with Gasteiger partial charge in [-0.15, -0.1) is 0 Å². The third-order valence-corrected chi connectivity index (χ3v) is 6.23. The average Bonchev–Trinajstić information content (AvgIpc) is 3.33. The van der Waals surface area contributed by atoms with Gasteiger partial charge in [-0.1, -0.05) is 60.7 Å². The van der Waals surface area contributed by atoms with E-state index in [0.29, 0.717) is 36.6 Å². The van der Waals surface area contributed by atoms with E-state index in [1.807, 2.05) is 76.4 Å². The van der Waals surface area contributed by atoms with Crippen molar-refractivity contribution in [1.82, 2.24) is 14.7 Å². The van der Waals surface area contributed by atoms with E-state index in [1.54, 1.807) is 7.11 Å². The molecule has 0 radical (unpaired) electrons. The Hall–Kier alpha value is -4.06. The van der Waals surface area contributed by atoms with Crippen LogP contribution in [-0.2, 0) is 6.54 Å². The second-order valence-corrected chi connectivity index (χ2v) is 8.39. The Labute approximate surface area is 200 Å². The van der Waals surface area contributed by atoms with Gasteiger partial charge in [0.15, 0.2) is 0 Å². The molecule has 1 aliphatic rings. The van der Waals surface area contributed by atoms with Crippen LogP contribution in [0.2, 0.25) is 0 Å². The number of rotatable bonds is 6. The lowest BCUT2D eigenvalue weighted by Crippen LogP contribution is -2.48. The van der Waals surface area contributed by atoms with Crippen LogP contribution in [0.25, 0.3) is 11.3 Å². The van der Waals surface area contributed by atoms with Gasteiger partial charge in [-0.25, -0.2) is 0 Å². The molecule has 6 heteroatoms. The maximum atomic E-state index is 13.7. The number of piperazine rings is 1. The van der Waals surface area contributed by atoms with Crippen LogP contribution in [0.4, 0.5) is 5.69 Å². The molecule has 0 saturated carbocycles. The van der Waals surface area contributed by atoms with Gasteiger partial charge in [0.1, 0.15) is 11.4 Å². The number of methoxy groups -OCH3 is 1. The van der Waals surface area contributed by atoms with Crippen LogP contribution in [0.3, 0.4) is 0 Å². The van der Waals surface area contributed by atoms with E-state index >= 15 is 0 Å². The Morgan fingerprint density at radius 3 is 2.21 bits per heavy atom. The Morgan fingerprint density at radius 2 is 1.50 bits per heavy atom. The van der Waals surface area contributed by atoms with Crippen molar-refractivity contribution in [2.24, 2.45) is 0 Å². The maximum absolute atomic E-state index is 13.7. The second-order valence-electron chi connectivity index (χ2n) is 8.39. The lowest BCUT2D eigenvalue weighted by molar-refractivity contribution is 0.0747. The first-order valence-corrected chi connectivity index (χ1v) is 11.6. The van der Waals surface area contributed by atoms with E-state index in [0.717, 1.165) is 24.2 Å². The average molecular weight is 453 g/mol. The minimum Gasteiger partial charge on any atom is -0.496 e. The number of ether oxygens (including phenoxy) is 1. The van der Waals surface area contributed by atoms with Crippen LogP contribution in [0.5, 0.6) is 5.75 Å². The summed E-state index contributed by atoms with van der Waals surface area (Å²) in [5.74, 6) is 0.711. The van der Waals surface area contributed by atoms with Gasteiger partial charge < -0.3 is 14.5 Å². The number of nitrogens with zero attached hydrogens (tertiary/aromatic N) is 4. The van der Waals surface area contributed by atoms with Crippen LogP contribution < -0.4 is 9.64 Å². The summed E-state index contributed by atoms with van der Waals surface area (Å²) in [5, 5.41) is 4.84. The van der Waals surface area contributed by atoms with E-state index in [1.165, 1.54) is 5.69 Å². The van der Waals surface area contributed by atoms with Crippen molar-refractivity contribution in [3.05, 3.63) is 102 Å². The van der Waals surface area contributed by atoms with E-state index < -0.39 is 0 Å². The summed E-state index contributed by atoms with van der Waals surface area (Å²) < 4.78 is 7.44. The highest BCUT2D eigenvalue weighted by Gasteiger charge is 2.27. The summed E-state index contributed by atoms with van der Waals surface area (Å²) in [6, 6.07) is 28.2. The molecular weight excluding hydrogens is 424 g/mol. The van der Waals surface area contributed by atoms with Crippen molar-refractivity contribution in [2.45, 2.75) is 6.54 Å². The van der Waals surface area contributed by atoms with Crippen molar-refractivity contribution in [3.8, 4) is 17.0 Å². The number of para-hydroxylation sites is 2. The fourth-order valence-electron chi connectivity index (χ4n) is 4.45. The van der Waals surface area contributed by atoms with Crippen LogP contribution in [0.15, 0.2) is 91.1 Å². The first-order chi connectivity index (χ1) is 16.7. The number of hydrogen-bond acceptors (Lipinski definition) is 4. The van der Waals surface area contributed by atoms with E-state index in [-0.39, 0.29) is 5.91 Å². The summed E-state index contributed by atoms with van der Waals surface area (Å²) in [6.07, 6.45) is 1.88. The molecule has 34 heavy (non-hydrogen) atoms. The van der Waals surface area contributed by atoms with Gasteiger partial charge >= 0.3 is 0 Å². The topological polar surface area (TPSA) is 50.6 Å². The molecule has 6 nitrogen and oxygen atoms in total. The highest BCUT2D eigenvalue weighted by Crippen LogP contribution is 2.32. The van der Waals surface area contributed by atoms with Crippen molar-refractivity contribution < 1.29 is 9.53 Å². The van der Waals surface area contributed by atoms with Gasteiger partial charge in [0.2, 0.25) is 0 Å². The molecule has 2 heterocycles. The Balaban J connectivity index is 1.43. The molecule has 0 bridgehead atoms. The zero-order chi connectivity index (χ0) is 23.3. The first-order valence-electron chi connectivity index (χ1n) is 11.6. The van der Waals surface area contributed by atoms with Gasteiger partial charge in [-0.3, -0.25) is 9.48 Å². The zero-order valence-electron chi connectivity index (χ0n) is 19.3. The van der Waals surface area contributed by atoms with Gasteiger partial charge in [-0.05, 0) is 29.8 Å². The van der Waals surface area contributed by atoms with Gasteiger partial charge in [0, 0.05) is 43.6 Å². The number of carbonyl (C=O) groups excluding carboxylic acids is 1. The SMILES string of the molecule is COc1ccccc1-c1nn(Cc2ccccc2)cc1C(=O)N1CCN(c2ccccc2)CC1. The van der Waals surface area contributed by atoms with Gasteiger partial charge in [-0.2, -0.15) is 5.10 Å². The molecule has 0 unspecified atom stereocenters. The lowest BCUT2D eigenvalue weighted by Gasteiger charge is -2.36. The molecule has 0 aliphatic carbocycles. The van der Waals surface area contributed by atoms with E-state index in [2.05, 4.69) is 29.2 Å². The number of carbonyl (C=O) groups is 1.